The van der Waals surface area contributed by atoms with Gasteiger partial charge in [-0.3, -0.25) is 9.48 Å². The maximum atomic E-state index is 14.0. The Bertz CT molecular complexity index is 1600. The summed E-state index contributed by atoms with van der Waals surface area (Å²) in [5.74, 6) is -0.550. The predicted molar refractivity (Wildman–Crippen MR) is 130 cm³/mol. The van der Waals surface area contributed by atoms with Gasteiger partial charge in [-0.05, 0) is 17.7 Å². The molecule has 1 aromatic carbocycles. The van der Waals surface area contributed by atoms with Crippen molar-refractivity contribution in [2.24, 2.45) is 7.05 Å². The van der Waals surface area contributed by atoms with Gasteiger partial charge in [0.15, 0.2) is 0 Å². The molecule has 37 heavy (non-hydrogen) atoms. The van der Waals surface area contributed by atoms with Crippen LogP contribution in [-0.4, -0.2) is 40.5 Å². The minimum absolute atomic E-state index is 0.137. The smallest absolute Gasteiger partial charge is 0.309 e. The highest BCUT2D eigenvalue weighted by Crippen LogP contribution is 2.32. The van der Waals surface area contributed by atoms with Crippen LogP contribution < -0.4 is 5.32 Å². The second-order valence-corrected chi connectivity index (χ2v) is 9.63. The normalized spacial score (nSPS) is 12.0. The van der Waals surface area contributed by atoms with Gasteiger partial charge < -0.3 is 9.73 Å². The number of aryl methyl sites for hydroxylation is 1. The molecule has 0 bridgehead atoms. The molecule has 0 aliphatic heterocycles. The predicted octanol–water partition coefficient (Wildman–Crippen LogP) is 4.34. The molecule has 0 spiro atoms. The fourth-order valence-electron chi connectivity index (χ4n) is 3.86. The quantitative estimate of drug-likeness (QED) is 0.364. The molecule has 0 saturated heterocycles. The van der Waals surface area contributed by atoms with Gasteiger partial charge in [-0.2, -0.15) is 10.2 Å². The number of aromatic nitrogens is 7. The summed E-state index contributed by atoms with van der Waals surface area (Å²) in [5, 5.41) is 18.7. The standard InChI is InChI=1S/C25H24F2N8O2/c1-25(2,3)24-33-32-23(37-24)22(36)28-9-15-6-5-14(7-18(15)21(26)27)20-19-8-16(12-35(19)31-13-29-20)17-10-30-34(4)11-17/h5-8,10-13,21H,9H2,1-4H3,(H,28,36). The zero-order valence-electron chi connectivity index (χ0n) is 20.6. The average molecular weight is 507 g/mol. The Morgan fingerprint density at radius 3 is 2.57 bits per heavy atom. The van der Waals surface area contributed by atoms with Crippen LogP contribution in [0, 0.1) is 0 Å². The molecule has 10 nitrogen and oxygen atoms in total. The van der Waals surface area contributed by atoms with Gasteiger partial charge in [0.25, 0.3) is 6.43 Å². The van der Waals surface area contributed by atoms with Crippen molar-refractivity contribution in [1.29, 1.82) is 0 Å². The number of carbonyl (C=O) groups excluding carboxylic acids is 1. The van der Waals surface area contributed by atoms with Crippen LogP contribution in [0.15, 0.2) is 53.6 Å². The van der Waals surface area contributed by atoms with E-state index in [4.69, 9.17) is 4.42 Å². The zero-order valence-corrected chi connectivity index (χ0v) is 20.6. The van der Waals surface area contributed by atoms with E-state index in [0.717, 1.165) is 11.1 Å². The van der Waals surface area contributed by atoms with E-state index in [1.54, 1.807) is 27.5 Å². The summed E-state index contributed by atoms with van der Waals surface area (Å²) in [6.07, 6.45) is 4.05. The molecule has 1 N–H and O–H groups in total. The number of nitrogens with zero attached hydrogens (tertiary/aromatic N) is 7. The second kappa shape index (κ2) is 9.19. The first-order valence-electron chi connectivity index (χ1n) is 11.5. The van der Waals surface area contributed by atoms with Crippen molar-refractivity contribution in [1.82, 2.24) is 39.9 Å². The molecular weight excluding hydrogens is 482 g/mol. The van der Waals surface area contributed by atoms with Crippen LogP contribution in [0.3, 0.4) is 0 Å². The van der Waals surface area contributed by atoms with E-state index >= 15 is 0 Å². The van der Waals surface area contributed by atoms with Crippen molar-refractivity contribution in [3.05, 3.63) is 72.1 Å². The van der Waals surface area contributed by atoms with Crippen LogP contribution in [0.2, 0.25) is 0 Å². The van der Waals surface area contributed by atoms with Crippen LogP contribution >= 0.6 is 0 Å². The average Bonchev–Trinajstić information content (AvgIpc) is 3.60. The number of fused-ring (bicyclic) bond motifs is 1. The van der Waals surface area contributed by atoms with E-state index in [0.29, 0.717) is 22.7 Å². The first-order chi connectivity index (χ1) is 17.6. The third-order valence-corrected chi connectivity index (χ3v) is 5.80. The fraction of sp³-hybridized carbons (Fsp3) is 0.280. The van der Waals surface area contributed by atoms with Crippen molar-refractivity contribution >= 4 is 11.4 Å². The number of hydrogen-bond acceptors (Lipinski definition) is 7. The number of hydrogen-bond donors (Lipinski definition) is 1. The van der Waals surface area contributed by atoms with Crippen LogP contribution in [-0.2, 0) is 19.0 Å². The van der Waals surface area contributed by atoms with Crippen LogP contribution in [0.25, 0.3) is 27.9 Å². The van der Waals surface area contributed by atoms with Gasteiger partial charge in [-0.25, -0.2) is 18.3 Å². The van der Waals surface area contributed by atoms with E-state index < -0.39 is 17.7 Å². The zero-order chi connectivity index (χ0) is 26.3. The van der Waals surface area contributed by atoms with Crippen molar-refractivity contribution in [2.75, 3.05) is 0 Å². The molecule has 0 aliphatic rings. The molecule has 190 valence electrons. The number of benzene rings is 1. The second-order valence-electron chi connectivity index (χ2n) is 9.63. The molecule has 4 aromatic heterocycles. The SMILES string of the molecule is Cn1cc(-c2cc3c(-c4ccc(CNC(=O)c5nnc(C(C)(C)C)o5)c(C(F)F)c4)ncnn3c2)cn1. The van der Waals surface area contributed by atoms with Gasteiger partial charge in [0.2, 0.25) is 5.89 Å². The van der Waals surface area contributed by atoms with Gasteiger partial charge in [0, 0.05) is 53.7 Å². The van der Waals surface area contributed by atoms with Crippen LogP contribution in [0.1, 0.15) is 54.9 Å². The summed E-state index contributed by atoms with van der Waals surface area (Å²) in [4.78, 5) is 16.8. The van der Waals surface area contributed by atoms with Gasteiger partial charge in [0.1, 0.15) is 6.33 Å². The molecule has 0 radical (unpaired) electrons. The Morgan fingerprint density at radius 1 is 1.08 bits per heavy atom. The highest BCUT2D eigenvalue weighted by Gasteiger charge is 2.24. The number of halogens is 2. The summed E-state index contributed by atoms with van der Waals surface area (Å²) in [6.45, 7) is 5.48. The topological polar surface area (TPSA) is 116 Å². The van der Waals surface area contributed by atoms with Gasteiger partial charge in [-0.15, -0.1) is 10.2 Å². The van der Waals surface area contributed by atoms with Gasteiger partial charge in [0.05, 0.1) is 17.4 Å². The highest BCUT2D eigenvalue weighted by molar-refractivity contribution is 5.89. The summed E-state index contributed by atoms with van der Waals surface area (Å²) in [7, 11) is 1.82. The van der Waals surface area contributed by atoms with Crippen LogP contribution in [0.4, 0.5) is 8.78 Å². The first kappa shape index (κ1) is 24.2. The number of nitrogens with one attached hydrogen (secondary N) is 1. The van der Waals surface area contributed by atoms with Gasteiger partial charge >= 0.3 is 11.8 Å². The Kier molecular flexibility index (Phi) is 6.02. The molecule has 0 saturated carbocycles. The molecule has 12 heteroatoms. The van der Waals surface area contributed by atoms with E-state index in [-0.39, 0.29) is 23.6 Å². The highest BCUT2D eigenvalue weighted by atomic mass is 19.3. The van der Waals surface area contributed by atoms with Crippen molar-refractivity contribution in [3.8, 4) is 22.4 Å². The number of rotatable bonds is 6. The summed E-state index contributed by atoms with van der Waals surface area (Å²) in [6, 6.07) is 6.51. The molecule has 1 amide bonds. The van der Waals surface area contributed by atoms with Crippen LogP contribution in [0.5, 0.6) is 0 Å². The van der Waals surface area contributed by atoms with E-state index in [2.05, 4.69) is 30.7 Å². The molecule has 5 rings (SSSR count). The lowest BCUT2D eigenvalue weighted by Gasteiger charge is -2.12. The lowest BCUT2D eigenvalue weighted by atomic mass is 9.97. The largest absolute Gasteiger partial charge is 0.416 e. The summed E-state index contributed by atoms with van der Waals surface area (Å²) < 4.78 is 36.9. The van der Waals surface area contributed by atoms with Crippen molar-refractivity contribution in [3.63, 3.8) is 0 Å². The minimum Gasteiger partial charge on any atom is -0.416 e. The number of carbonyl (C=O) groups is 1. The first-order valence-corrected chi connectivity index (χ1v) is 11.5. The number of amides is 1. The maximum Gasteiger partial charge on any atom is 0.309 e. The van der Waals surface area contributed by atoms with E-state index in [9.17, 15) is 13.6 Å². The lowest BCUT2D eigenvalue weighted by molar-refractivity contribution is 0.0911. The third kappa shape index (κ3) is 4.82. The molecule has 0 fully saturated rings. The Morgan fingerprint density at radius 2 is 1.89 bits per heavy atom. The Labute approximate surface area is 210 Å². The molecule has 0 unspecified atom stereocenters. The maximum absolute atomic E-state index is 14.0. The Balaban J connectivity index is 1.42. The molecule has 0 atom stereocenters. The molecular formula is C25H24F2N8O2. The lowest BCUT2D eigenvalue weighted by Crippen LogP contribution is -2.24. The summed E-state index contributed by atoms with van der Waals surface area (Å²) in [5.41, 5.74) is 3.06. The molecule has 5 aromatic rings. The third-order valence-electron chi connectivity index (χ3n) is 5.80. The minimum atomic E-state index is -2.77. The Hall–Kier alpha value is -4.48. The van der Waals surface area contributed by atoms with Crippen molar-refractivity contribution < 1.29 is 18.0 Å². The number of alkyl halides is 2. The van der Waals surface area contributed by atoms with Crippen molar-refractivity contribution in [2.45, 2.75) is 39.2 Å². The molecule has 4 heterocycles. The molecule has 0 aliphatic carbocycles. The fourth-order valence-corrected chi connectivity index (χ4v) is 3.86. The van der Waals surface area contributed by atoms with E-state index in [1.165, 1.54) is 12.4 Å². The van der Waals surface area contributed by atoms with Gasteiger partial charge in [-0.1, -0.05) is 32.9 Å². The summed E-state index contributed by atoms with van der Waals surface area (Å²) >= 11 is 0. The monoisotopic (exact) mass is 506 g/mol. The van der Waals surface area contributed by atoms with E-state index in [1.807, 2.05) is 46.3 Å².